The van der Waals surface area contributed by atoms with E-state index in [2.05, 4.69) is 19.1 Å². The summed E-state index contributed by atoms with van der Waals surface area (Å²) < 4.78 is 5.29. The number of hydrogen-bond acceptors (Lipinski definition) is 1. The van der Waals surface area contributed by atoms with Gasteiger partial charge in [-0.05, 0) is 42.1 Å². The maximum atomic E-state index is 5.77. The van der Waals surface area contributed by atoms with Crippen LogP contribution in [-0.4, -0.2) is 0 Å². The SMILES string of the molecule is CCCCc1ccc2oc(Cl)cc2c1. The average Bonchev–Trinajstić information content (AvgIpc) is 2.54. The third-order valence-electron chi connectivity index (χ3n) is 2.37. The number of hydrogen-bond donors (Lipinski definition) is 0. The topological polar surface area (TPSA) is 13.1 Å². The molecule has 1 nitrogen and oxygen atoms in total. The normalized spacial score (nSPS) is 11.0. The van der Waals surface area contributed by atoms with Crippen LogP contribution in [0, 0.1) is 0 Å². The Balaban J connectivity index is 2.31. The van der Waals surface area contributed by atoms with Gasteiger partial charge in [-0.25, -0.2) is 0 Å². The maximum absolute atomic E-state index is 5.77. The predicted octanol–water partition coefficient (Wildman–Crippen LogP) is 4.43. The van der Waals surface area contributed by atoms with E-state index >= 15 is 0 Å². The number of halogens is 1. The van der Waals surface area contributed by atoms with Gasteiger partial charge in [0.25, 0.3) is 0 Å². The van der Waals surface area contributed by atoms with Gasteiger partial charge in [0.2, 0.25) is 0 Å². The highest BCUT2D eigenvalue weighted by Crippen LogP contribution is 2.24. The number of fused-ring (bicyclic) bond motifs is 1. The smallest absolute Gasteiger partial charge is 0.194 e. The first kappa shape index (κ1) is 9.60. The second kappa shape index (κ2) is 4.05. The summed E-state index contributed by atoms with van der Waals surface area (Å²) in [5, 5.41) is 1.57. The molecule has 1 aromatic heterocycles. The Kier molecular flexibility index (Phi) is 2.78. The summed E-state index contributed by atoms with van der Waals surface area (Å²) in [6.45, 7) is 2.20. The third-order valence-corrected chi connectivity index (χ3v) is 2.56. The zero-order valence-electron chi connectivity index (χ0n) is 8.22. The van der Waals surface area contributed by atoms with Crippen molar-refractivity contribution in [3.63, 3.8) is 0 Å². The monoisotopic (exact) mass is 208 g/mol. The summed E-state index contributed by atoms with van der Waals surface area (Å²) in [7, 11) is 0. The molecule has 0 saturated carbocycles. The fourth-order valence-corrected chi connectivity index (χ4v) is 1.80. The van der Waals surface area contributed by atoms with Crippen LogP contribution in [0.1, 0.15) is 25.3 Å². The van der Waals surface area contributed by atoms with Gasteiger partial charge in [0.15, 0.2) is 5.22 Å². The van der Waals surface area contributed by atoms with E-state index in [1.165, 1.54) is 18.4 Å². The molecule has 2 aromatic rings. The first-order chi connectivity index (χ1) is 6.79. The highest BCUT2D eigenvalue weighted by Gasteiger charge is 2.01. The maximum Gasteiger partial charge on any atom is 0.194 e. The van der Waals surface area contributed by atoms with Gasteiger partial charge in [-0.1, -0.05) is 19.4 Å². The summed E-state index contributed by atoms with van der Waals surface area (Å²) >= 11 is 5.77. The van der Waals surface area contributed by atoms with Gasteiger partial charge in [-0.15, -0.1) is 0 Å². The Morgan fingerprint density at radius 3 is 2.93 bits per heavy atom. The summed E-state index contributed by atoms with van der Waals surface area (Å²) in [6.07, 6.45) is 3.59. The quantitative estimate of drug-likeness (QED) is 0.728. The zero-order chi connectivity index (χ0) is 9.97. The molecule has 74 valence electrons. The number of furan rings is 1. The minimum atomic E-state index is 0.465. The Hall–Kier alpha value is -0.950. The van der Waals surface area contributed by atoms with Crippen LogP contribution in [0.2, 0.25) is 5.22 Å². The van der Waals surface area contributed by atoms with Gasteiger partial charge in [0.1, 0.15) is 5.58 Å². The standard InChI is InChI=1S/C12H13ClO/c1-2-3-4-9-5-6-11-10(7-9)8-12(13)14-11/h5-8H,2-4H2,1H3. The van der Waals surface area contributed by atoms with Crippen molar-refractivity contribution in [3.05, 3.63) is 35.0 Å². The second-order valence-corrected chi connectivity index (χ2v) is 3.90. The lowest BCUT2D eigenvalue weighted by molar-refractivity contribution is 0.618. The molecule has 0 spiro atoms. The summed E-state index contributed by atoms with van der Waals surface area (Å²) in [6, 6.07) is 8.12. The van der Waals surface area contributed by atoms with E-state index in [1.54, 1.807) is 0 Å². The van der Waals surface area contributed by atoms with E-state index in [1.807, 2.05) is 12.1 Å². The lowest BCUT2D eigenvalue weighted by Gasteiger charge is -1.98. The molecule has 1 heterocycles. The van der Waals surface area contributed by atoms with Crippen LogP contribution in [0.15, 0.2) is 28.7 Å². The van der Waals surface area contributed by atoms with Gasteiger partial charge >= 0.3 is 0 Å². The van der Waals surface area contributed by atoms with E-state index in [0.717, 1.165) is 17.4 Å². The van der Waals surface area contributed by atoms with Crippen molar-refractivity contribution >= 4 is 22.6 Å². The molecule has 2 rings (SSSR count). The molecule has 0 saturated heterocycles. The number of aryl methyl sites for hydroxylation is 1. The Morgan fingerprint density at radius 2 is 2.14 bits per heavy atom. The molecule has 0 atom stereocenters. The number of benzene rings is 1. The van der Waals surface area contributed by atoms with Gasteiger partial charge in [-0.3, -0.25) is 0 Å². The molecule has 0 bridgehead atoms. The average molecular weight is 209 g/mol. The lowest BCUT2D eigenvalue weighted by Crippen LogP contribution is -1.82. The molecule has 0 aliphatic rings. The number of unbranched alkanes of at least 4 members (excludes halogenated alkanes) is 1. The first-order valence-corrected chi connectivity index (χ1v) is 5.35. The molecule has 14 heavy (non-hydrogen) atoms. The van der Waals surface area contributed by atoms with Gasteiger partial charge in [-0.2, -0.15) is 0 Å². The Morgan fingerprint density at radius 1 is 1.29 bits per heavy atom. The molecule has 2 heteroatoms. The van der Waals surface area contributed by atoms with Crippen LogP contribution >= 0.6 is 11.6 Å². The van der Waals surface area contributed by atoms with Gasteiger partial charge in [0.05, 0.1) is 0 Å². The second-order valence-electron chi connectivity index (χ2n) is 3.53. The lowest BCUT2D eigenvalue weighted by atomic mass is 10.1. The minimum absolute atomic E-state index is 0.465. The van der Waals surface area contributed by atoms with Crippen molar-refractivity contribution in [1.82, 2.24) is 0 Å². The van der Waals surface area contributed by atoms with E-state index in [9.17, 15) is 0 Å². The Labute approximate surface area is 88.7 Å². The summed E-state index contributed by atoms with van der Waals surface area (Å²) in [5.41, 5.74) is 2.23. The van der Waals surface area contributed by atoms with Crippen molar-refractivity contribution in [2.45, 2.75) is 26.2 Å². The van der Waals surface area contributed by atoms with Crippen molar-refractivity contribution in [2.75, 3.05) is 0 Å². The highest BCUT2D eigenvalue weighted by atomic mass is 35.5. The predicted molar refractivity (Wildman–Crippen MR) is 59.8 cm³/mol. The fraction of sp³-hybridized carbons (Fsp3) is 0.333. The van der Waals surface area contributed by atoms with E-state index in [0.29, 0.717) is 5.22 Å². The summed E-state index contributed by atoms with van der Waals surface area (Å²) in [5.74, 6) is 0. The van der Waals surface area contributed by atoms with E-state index in [-0.39, 0.29) is 0 Å². The van der Waals surface area contributed by atoms with Crippen LogP contribution < -0.4 is 0 Å². The Bertz CT molecular complexity index is 431. The van der Waals surface area contributed by atoms with E-state index < -0.39 is 0 Å². The van der Waals surface area contributed by atoms with Crippen LogP contribution in [0.3, 0.4) is 0 Å². The largest absolute Gasteiger partial charge is 0.445 e. The summed E-state index contributed by atoms with van der Waals surface area (Å²) in [4.78, 5) is 0. The van der Waals surface area contributed by atoms with Gasteiger partial charge < -0.3 is 4.42 Å². The molecule has 0 amide bonds. The molecule has 0 unspecified atom stereocenters. The van der Waals surface area contributed by atoms with Crippen LogP contribution in [0.25, 0.3) is 11.0 Å². The van der Waals surface area contributed by atoms with Crippen LogP contribution in [0.4, 0.5) is 0 Å². The molecule has 0 N–H and O–H groups in total. The van der Waals surface area contributed by atoms with Crippen molar-refractivity contribution in [3.8, 4) is 0 Å². The van der Waals surface area contributed by atoms with Crippen molar-refractivity contribution in [1.29, 1.82) is 0 Å². The van der Waals surface area contributed by atoms with Crippen molar-refractivity contribution in [2.24, 2.45) is 0 Å². The van der Waals surface area contributed by atoms with E-state index in [4.69, 9.17) is 16.0 Å². The highest BCUT2D eigenvalue weighted by molar-refractivity contribution is 6.29. The molecule has 0 fully saturated rings. The number of rotatable bonds is 3. The third kappa shape index (κ3) is 1.93. The van der Waals surface area contributed by atoms with Gasteiger partial charge in [0, 0.05) is 11.5 Å². The minimum Gasteiger partial charge on any atom is -0.445 e. The molecule has 1 aromatic carbocycles. The first-order valence-electron chi connectivity index (χ1n) is 4.97. The van der Waals surface area contributed by atoms with Crippen molar-refractivity contribution < 1.29 is 4.42 Å². The molecular formula is C12H13ClO. The van der Waals surface area contributed by atoms with Crippen LogP contribution in [0.5, 0.6) is 0 Å². The fourth-order valence-electron chi connectivity index (χ4n) is 1.60. The molecule has 0 aliphatic carbocycles. The van der Waals surface area contributed by atoms with Crippen LogP contribution in [-0.2, 0) is 6.42 Å². The molecular weight excluding hydrogens is 196 g/mol. The molecule has 0 radical (unpaired) electrons. The zero-order valence-corrected chi connectivity index (χ0v) is 8.97. The molecule has 0 aliphatic heterocycles.